The van der Waals surface area contributed by atoms with E-state index in [-0.39, 0.29) is 30.8 Å². The molecule has 2 heterocycles. The fourth-order valence-corrected chi connectivity index (χ4v) is 3.49. The van der Waals surface area contributed by atoms with Crippen molar-refractivity contribution in [2.75, 3.05) is 19.6 Å². The standard InChI is InChI=1S/C19H19FN2O3S/c20-16-3-1-14(2-4-16)10-21-7-8-22(11-19(21)25)18(24)6-5-17-9-15(12-23)13-26-17/h1-6,9,13,23H,7-8,10-12H2/b6-5+. The second kappa shape index (κ2) is 8.25. The summed E-state index contributed by atoms with van der Waals surface area (Å²) in [6.07, 6.45) is 3.15. The SMILES string of the molecule is O=C(/C=C/c1cc(CO)cs1)N1CCN(Cc2ccc(F)cc2)C(=O)C1. The number of piperazine rings is 1. The summed E-state index contributed by atoms with van der Waals surface area (Å²) in [5, 5.41) is 10.9. The number of aliphatic hydroxyl groups is 1. The van der Waals surface area contributed by atoms with Crippen LogP contribution >= 0.6 is 11.3 Å². The van der Waals surface area contributed by atoms with E-state index in [0.717, 1.165) is 16.0 Å². The van der Waals surface area contributed by atoms with Crippen LogP contribution in [0.5, 0.6) is 0 Å². The Balaban J connectivity index is 1.54. The topological polar surface area (TPSA) is 60.9 Å². The van der Waals surface area contributed by atoms with Crippen molar-refractivity contribution in [3.8, 4) is 0 Å². The molecule has 1 aromatic heterocycles. The third-order valence-corrected chi connectivity index (χ3v) is 5.11. The number of benzene rings is 1. The zero-order valence-corrected chi connectivity index (χ0v) is 14.9. The summed E-state index contributed by atoms with van der Waals surface area (Å²) in [7, 11) is 0. The van der Waals surface area contributed by atoms with Crippen LogP contribution in [0.3, 0.4) is 0 Å². The van der Waals surface area contributed by atoms with Crippen LogP contribution in [0.25, 0.3) is 6.08 Å². The predicted molar refractivity (Wildman–Crippen MR) is 97.7 cm³/mol. The highest BCUT2D eigenvalue weighted by atomic mass is 32.1. The van der Waals surface area contributed by atoms with E-state index in [1.165, 1.54) is 34.4 Å². The molecule has 0 atom stereocenters. The van der Waals surface area contributed by atoms with Crippen molar-refractivity contribution in [3.63, 3.8) is 0 Å². The van der Waals surface area contributed by atoms with Gasteiger partial charge in [0.2, 0.25) is 11.8 Å². The molecule has 1 saturated heterocycles. The van der Waals surface area contributed by atoms with Crippen LogP contribution in [0.2, 0.25) is 0 Å². The molecule has 0 unspecified atom stereocenters. The Morgan fingerprint density at radius 1 is 1.23 bits per heavy atom. The molecule has 1 aromatic carbocycles. The highest BCUT2D eigenvalue weighted by Gasteiger charge is 2.26. The number of rotatable bonds is 5. The van der Waals surface area contributed by atoms with Gasteiger partial charge in [0.15, 0.2) is 0 Å². The molecule has 1 aliphatic rings. The summed E-state index contributed by atoms with van der Waals surface area (Å²) >= 11 is 1.45. The van der Waals surface area contributed by atoms with Crippen LogP contribution in [0.4, 0.5) is 4.39 Å². The van der Waals surface area contributed by atoms with Crippen LogP contribution < -0.4 is 0 Å². The summed E-state index contributed by atoms with van der Waals surface area (Å²) in [5.41, 5.74) is 1.67. The van der Waals surface area contributed by atoms with Crippen molar-refractivity contribution in [2.24, 2.45) is 0 Å². The van der Waals surface area contributed by atoms with Crippen molar-refractivity contribution in [2.45, 2.75) is 13.2 Å². The number of aliphatic hydroxyl groups excluding tert-OH is 1. The number of hydrogen-bond donors (Lipinski definition) is 1. The van der Waals surface area contributed by atoms with Gasteiger partial charge < -0.3 is 14.9 Å². The molecule has 1 fully saturated rings. The van der Waals surface area contributed by atoms with E-state index in [0.29, 0.717) is 19.6 Å². The lowest BCUT2D eigenvalue weighted by atomic mass is 10.2. The fourth-order valence-electron chi connectivity index (χ4n) is 2.70. The third-order valence-electron chi connectivity index (χ3n) is 4.16. The first-order valence-corrected chi connectivity index (χ1v) is 9.10. The molecule has 136 valence electrons. The van der Waals surface area contributed by atoms with Gasteiger partial charge in [-0.2, -0.15) is 0 Å². The van der Waals surface area contributed by atoms with Gasteiger partial charge in [-0.1, -0.05) is 12.1 Å². The van der Waals surface area contributed by atoms with Gasteiger partial charge in [0.05, 0.1) is 6.61 Å². The maximum atomic E-state index is 13.0. The second-order valence-corrected chi connectivity index (χ2v) is 6.99. The first kappa shape index (κ1) is 18.3. The van der Waals surface area contributed by atoms with E-state index >= 15 is 0 Å². The number of thiophene rings is 1. The number of hydrogen-bond acceptors (Lipinski definition) is 4. The van der Waals surface area contributed by atoms with Gasteiger partial charge in [0.1, 0.15) is 12.4 Å². The third kappa shape index (κ3) is 4.56. The number of carbonyl (C=O) groups is 2. The summed E-state index contributed by atoms with van der Waals surface area (Å²) in [6.45, 7) is 1.33. The Morgan fingerprint density at radius 2 is 2.00 bits per heavy atom. The molecule has 0 bridgehead atoms. The average Bonchev–Trinajstić information content (AvgIpc) is 3.11. The summed E-state index contributed by atoms with van der Waals surface area (Å²) in [6, 6.07) is 7.88. The molecule has 26 heavy (non-hydrogen) atoms. The average molecular weight is 374 g/mol. The quantitative estimate of drug-likeness (QED) is 0.817. The summed E-state index contributed by atoms with van der Waals surface area (Å²) < 4.78 is 13.0. The number of carbonyl (C=O) groups excluding carboxylic acids is 2. The van der Waals surface area contributed by atoms with Gasteiger partial charge in [-0.05, 0) is 40.8 Å². The van der Waals surface area contributed by atoms with E-state index in [4.69, 9.17) is 5.11 Å². The highest BCUT2D eigenvalue weighted by Crippen LogP contribution is 2.17. The first-order chi connectivity index (χ1) is 12.5. The molecule has 1 aliphatic heterocycles. The Hall–Kier alpha value is -2.51. The lowest BCUT2D eigenvalue weighted by Gasteiger charge is -2.33. The predicted octanol–water partition coefficient (Wildman–Crippen LogP) is 2.26. The molecule has 0 saturated carbocycles. The van der Waals surface area contributed by atoms with Crippen molar-refractivity contribution in [1.29, 1.82) is 0 Å². The maximum Gasteiger partial charge on any atom is 0.247 e. The minimum atomic E-state index is -0.306. The van der Waals surface area contributed by atoms with Gasteiger partial charge in [0.25, 0.3) is 0 Å². The zero-order valence-electron chi connectivity index (χ0n) is 14.1. The van der Waals surface area contributed by atoms with Crippen LogP contribution in [-0.2, 0) is 22.7 Å². The molecule has 3 rings (SSSR count). The zero-order chi connectivity index (χ0) is 18.5. The van der Waals surface area contributed by atoms with Gasteiger partial charge in [-0.25, -0.2) is 4.39 Å². The second-order valence-electron chi connectivity index (χ2n) is 6.05. The van der Waals surface area contributed by atoms with Crippen LogP contribution in [-0.4, -0.2) is 46.4 Å². The number of amides is 2. The minimum absolute atomic E-state index is 0.0250. The van der Waals surface area contributed by atoms with Crippen LogP contribution in [0.1, 0.15) is 16.0 Å². The maximum absolute atomic E-state index is 13.0. The van der Waals surface area contributed by atoms with Crippen molar-refractivity contribution in [1.82, 2.24) is 9.80 Å². The molecule has 7 heteroatoms. The number of nitrogens with zero attached hydrogens (tertiary/aromatic N) is 2. The van der Waals surface area contributed by atoms with Crippen molar-refractivity contribution in [3.05, 3.63) is 63.6 Å². The van der Waals surface area contributed by atoms with Gasteiger partial charge in [-0.3, -0.25) is 9.59 Å². The molecular formula is C19H19FN2O3S. The largest absolute Gasteiger partial charge is 0.392 e. The van der Waals surface area contributed by atoms with Gasteiger partial charge >= 0.3 is 0 Å². The number of halogens is 1. The Labute approximate surface area is 155 Å². The summed E-state index contributed by atoms with van der Waals surface area (Å²) in [5.74, 6) is -0.640. The van der Waals surface area contributed by atoms with E-state index in [2.05, 4.69) is 0 Å². The van der Waals surface area contributed by atoms with E-state index in [1.807, 2.05) is 11.4 Å². The fraction of sp³-hybridized carbons (Fsp3) is 0.263. The van der Waals surface area contributed by atoms with Crippen LogP contribution in [0.15, 0.2) is 41.8 Å². The Morgan fingerprint density at radius 3 is 2.65 bits per heavy atom. The molecule has 0 radical (unpaired) electrons. The van der Waals surface area contributed by atoms with Crippen LogP contribution in [0, 0.1) is 5.82 Å². The lowest BCUT2D eigenvalue weighted by Crippen LogP contribution is -2.51. The van der Waals surface area contributed by atoms with Gasteiger partial charge in [-0.15, -0.1) is 11.3 Å². The normalized spacial score (nSPS) is 15.1. The van der Waals surface area contributed by atoms with E-state index < -0.39 is 0 Å². The molecule has 2 aromatic rings. The van der Waals surface area contributed by atoms with Crippen molar-refractivity contribution < 1.29 is 19.1 Å². The lowest BCUT2D eigenvalue weighted by molar-refractivity contribution is -0.143. The Bertz CT molecular complexity index is 816. The Kier molecular flexibility index (Phi) is 5.80. The monoisotopic (exact) mass is 374 g/mol. The molecule has 0 aliphatic carbocycles. The molecule has 1 N–H and O–H groups in total. The minimum Gasteiger partial charge on any atom is -0.392 e. The summed E-state index contributed by atoms with van der Waals surface area (Å²) in [4.78, 5) is 28.6. The van der Waals surface area contributed by atoms with Crippen molar-refractivity contribution >= 4 is 29.2 Å². The molecule has 5 nitrogen and oxygen atoms in total. The molecule has 2 amide bonds. The van der Waals surface area contributed by atoms with E-state index in [9.17, 15) is 14.0 Å². The highest BCUT2D eigenvalue weighted by molar-refractivity contribution is 7.11. The molecule has 0 spiro atoms. The van der Waals surface area contributed by atoms with Gasteiger partial charge in [0, 0.05) is 30.6 Å². The smallest absolute Gasteiger partial charge is 0.247 e. The first-order valence-electron chi connectivity index (χ1n) is 8.22. The van der Waals surface area contributed by atoms with E-state index in [1.54, 1.807) is 23.1 Å². The molecular weight excluding hydrogens is 355 g/mol.